The topological polar surface area (TPSA) is 55.1 Å². The number of hydrogen-bond donors (Lipinski definition) is 2. The number of rotatable bonds is 3. The fourth-order valence-electron chi connectivity index (χ4n) is 2.18. The number of anilines is 1. The number of carbonyl (C=O) groups excluding carboxylic acids is 1. The maximum absolute atomic E-state index is 11.7. The SMILES string of the molecule is Cc1ccccc1NC1(C(N)=O)CSC(C)C1. The molecule has 2 unspecified atom stereocenters. The molecule has 1 aromatic rings. The molecule has 0 aliphatic carbocycles. The van der Waals surface area contributed by atoms with Gasteiger partial charge >= 0.3 is 0 Å². The third-order valence-electron chi connectivity index (χ3n) is 3.24. The predicted octanol–water partition coefficient (Wildman–Crippen LogP) is 2.16. The van der Waals surface area contributed by atoms with Crippen LogP contribution < -0.4 is 11.1 Å². The average Bonchev–Trinajstić information content (AvgIpc) is 2.65. The first-order chi connectivity index (χ1) is 8.03. The summed E-state index contributed by atoms with van der Waals surface area (Å²) in [6.07, 6.45) is 0.793. The third kappa shape index (κ3) is 2.41. The summed E-state index contributed by atoms with van der Waals surface area (Å²) in [6.45, 7) is 4.16. The summed E-state index contributed by atoms with van der Waals surface area (Å²) in [6, 6.07) is 7.98. The van der Waals surface area contributed by atoms with Gasteiger partial charge in [0.2, 0.25) is 5.91 Å². The summed E-state index contributed by atoms with van der Waals surface area (Å²) in [5.74, 6) is 0.496. The first kappa shape index (κ1) is 12.3. The van der Waals surface area contributed by atoms with Crippen LogP contribution in [-0.2, 0) is 4.79 Å². The molecule has 1 aliphatic heterocycles. The fourth-order valence-corrected chi connectivity index (χ4v) is 3.49. The second-order valence-electron chi connectivity index (χ2n) is 4.71. The fraction of sp³-hybridized carbons (Fsp3) is 0.462. The van der Waals surface area contributed by atoms with E-state index in [1.807, 2.05) is 31.2 Å². The number of primary amides is 1. The standard InChI is InChI=1S/C13H18N2OS/c1-9-5-3-4-6-11(9)15-13(12(14)16)7-10(2)17-8-13/h3-6,10,15H,7-8H2,1-2H3,(H2,14,16). The highest BCUT2D eigenvalue weighted by Gasteiger charge is 2.43. The lowest BCUT2D eigenvalue weighted by atomic mass is 9.94. The van der Waals surface area contributed by atoms with Crippen molar-refractivity contribution >= 4 is 23.4 Å². The first-order valence-corrected chi connectivity index (χ1v) is 6.84. The predicted molar refractivity (Wildman–Crippen MR) is 73.3 cm³/mol. The van der Waals surface area contributed by atoms with Gasteiger partial charge in [0, 0.05) is 16.7 Å². The van der Waals surface area contributed by atoms with Gasteiger partial charge in [-0.25, -0.2) is 0 Å². The number of aryl methyl sites for hydroxylation is 1. The molecule has 1 amide bonds. The molecule has 1 aliphatic rings. The van der Waals surface area contributed by atoms with Crippen molar-refractivity contribution < 1.29 is 4.79 Å². The Morgan fingerprint density at radius 2 is 2.24 bits per heavy atom. The van der Waals surface area contributed by atoms with Crippen molar-refractivity contribution in [3.05, 3.63) is 29.8 Å². The van der Waals surface area contributed by atoms with Gasteiger partial charge in [-0.3, -0.25) is 4.79 Å². The Morgan fingerprint density at radius 1 is 1.53 bits per heavy atom. The maximum Gasteiger partial charge on any atom is 0.244 e. The number of carbonyl (C=O) groups is 1. The molecule has 1 saturated heterocycles. The van der Waals surface area contributed by atoms with E-state index in [0.717, 1.165) is 23.4 Å². The van der Waals surface area contributed by atoms with Gasteiger partial charge < -0.3 is 11.1 Å². The van der Waals surface area contributed by atoms with E-state index in [2.05, 4.69) is 12.2 Å². The molecule has 0 spiro atoms. The van der Waals surface area contributed by atoms with Crippen molar-refractivity contribution in [1.29, 1.82) is 0 Å². The normalized spacial score (nSPS) is 28.0. The Balaban J connectivity index is 2.26. The molecule has 0 aromatic heterocycles. The monoisotopic (exact) mass is 250 g/mol. The molecule has 0 bridgehead atoms. The summed E-state index contributed by atoms with van der Waals surface area (Å²) < 4.78 is 0. The van der Waals surface area contributed by atoms with Gasteiger partial charge in [0.1, 0.15) is 5.54 Å². The lowest BCUT2D eigenvalue weighted by Crippen LogP contribution is -2.51. The van der Waals surface area contributed by atoms with Crippen molar-refractivity contribution in [2.45, 2.75) is 31.1 Å². The Hall–Kier alpha value is -1.16. The van der Waals surface area contributed by atoms with Gasteiger partial charge in [-0.2, -0.15) is 11.8 Å². The number of hydrogen-bond acceptors (Lipinski definition) is 3. The molecule has 3 nitrogen and oxygen atoms in total. The Kier molecular flexibility index (Phi) is 3.33. The quantitative estimate of drug-likeness (QED) is 0.864. The van der Waals surface area contributed by atoms with Gasteiger partial charge in [-0.1, -0.05) is 25.1 Å². The number of nitrogens with two attached hydrogens (primary N) is 1. The number of benzene rings is 1. The molecule has 3 N–H and O–H groups in total. The van der Waals surface area contributed by atoms with Gasteiger partial charge in [0.05, 0.1) is 0 Å². The summed E-state index contributed by atoms with van der Waals surface area (Å²) in [4.78, 5) is 11.7. The zero-order valence-electron chi connectivity index (χ0n) is 10.2. The van der Waals surface area contributed by atoms with Crippen LogP contribution in [0.4, 0.5) is 5.69 Å². The summed E-state index contributed by atoms with van der Waals surface area (Å²) in [7, 11) is 0. The van der Waals surface area contributed by atoms with Crippen molar-refractivity contribution in [3.8, 4) is 0 Å². The van der Waals surface area contributed by atoms with Crippen molar-refractivity contribution in [1.82, 2.24) is 0 Å². The van der Waals surface area contributed by atoms with E-state index in [1.165, 1.54) is 0 Å². The molecule has 92 valence electrons. The van der Waals surface area contributed by atoms with E-state index in [4.69, 9.17) is 5.73 Å². The lowest BCUT2D eigenvalue weighted by Gasteiger charge is -2.28. The smallest absolute Gasteiger partial charge is 0.244 e. The highest BCUT2D eigenvalue weighted by Crippen LogP contribution is 2.37. The summed E-state index contributed by atoms with van der Waals surface area (Å²) in [5.41, 5.74) is 7.13. The second-order valence-corrected chi connectivity index (χ2v) is 6.14. The van der Waals surface area contributed by atoms with Crippen LogP contribution in [0.3, 0.4) is 0 Å². The van der Waals surface area contributed by atoms with Gasteiger partial charge in [-0.05, 0) is 25.0 Å². The van der Waals surface area contributed by atoms with Crippen molar-refractivity contribution in [2.75, 3.05) is 11.1 Å². The van der Waals surface area contributed by atoms with E-state index in [1.54, 1.807) is 11.8 Å². The number of nitrogens with one attached hydrogen (secondary N) is 1. The number of amides is 1. The Bertz CT molecular complexity index is 435. The van der Waals surface area contributed by atoms with E-state index in [9.17, 15) is 4.79 Å². The van der Waals surface area contributed by atoms with E-state index >= 15 is 0 Å². The maximum atomic E-state index is 11.7. The molecule has 1 fully saturated rings. The number of para-hydroxylation sites is 1. The van der Waals surface area contributed by atoms with Crippen LogP contribution in [0.1, 0.15) is 18.9 Å². The Labute approximate surface area is 106 Å². The van der Waals surface area contributed by atoms with Crippen LogP contribution in [0.15, 0.2) is 24.3 Å². The van der Waals surface area contributed by atoms with Gasteiger partial charge in [0.25, 0.3) is 0 Å². The van der Waals surface area contributed by atoms with Crippen LogP contribution in [0.2, 0.25) is 0 Å². The minimum absolute atomic E-state index is 0.252. The molecular weight excluding hydrogens is 232 g/mol. The van der Waals surface area contributed by atoms with Crippen LogP contribution >= 0.6 is 11.8 Å². The zero-order valence-corrected chi connectivity index (χ0v) is 11.0. The zero-order chi connectivity index (χ0) is 12.5. The molecule has 4 heteroatoms. The average molecular weight is 250 g/mol. The minimum atomic E-state index is -0.587. The van der Waals surface area contributed by atoms with E-state index < -0.39 is 5.54 Å². The molecule has 1 aromatic carbocycles. The molecule has 2 atom stereocenters. The third-order valence-corrected chi connectivity index (χ3v) is 4.64. The van der Waals surface area contributed by atoms with Gasteiger partial charge in [0.15, 0.2) is 0 Å². The van der Waals surface area contributed by atoms with Crippen LogP contribution in [0.25, 0.3) is 0 Å². The lowest BCUT2D eigenvalue weighted by molar-refractivity contribution is -0.121. The molecular formula is C13H18N2OS. The minimum Gasteiger partial charge on any atom is -0.370 e. The van der Waals surface area contributed by atoms with Gasteiger partial charge in [-0.15, -0.1) is 0 Å². The van der Waals surface area contributed by atoms with Crippen LogP contribution in [-0.4, -0.2) is 22.4 Å². The summed E-state index contributed by atoms with van der Waals surface area (Å²) >= 11 is 1.79. The first-order valence-electron chi connectivity index (χ1n) is 5.79. The molecule has 1 heterocycles. The van der Waals surface area contributed by atoms with Crippen LogP contribution in [0.5, 0.6) is 0 Å². The highest BCUT2D eigenvalue weighted by molar-refractivity contribution is 8.00. The molecule has 0 radical (unpaired) electrons. The van der Waals surface area contributed by atoms with Crippen LogP contribution in [0, 0.1) is 6.92 Å². The summed E-state index contributed by atoms with van der Waals surface area (Å²) in [5, 5.41) is 3.83. The van der Waals surface area contributed by atoms with E-state index in [0.29, 0.717) is 5.25 Å². The molecule has 17 heavy (non-hydrogen) atoms. The molecule has 2 rings (SSSR count). The van der Waals surface area contributed by atoms with E-state index in [-0.39, 0.29) is 5.91 Å². The highest BCUT2D eigenvalue weighted by atomic mass is 32.2. The van der Waals surface area contributed by atoms with Crippen molar-refractivity contribution in [2.24, 2.45) is 5.73 Å². The van der Waals surface area contributed by atoms with Crippen molar-refractivity contribution in [3.63, 3.8) is 0 Å². The molecule has 0 saturated carbocycles. The Morgan fingerprint density at radius 3 is 2.76 bits per heavy atom. The largest absolute Gasteiger partial charge is 0.370 e. The second kappa shape index (κ2) is 4.61. The number of thioether (sulfide) groups is 1.